The van der Waals surface area contributed by atoms with Gasteiger partial charge in [-0.25, -0.2) is 9.36 Å². The van der Waals surface area contributed by atoms with Gasteiger partial charge < -0.3 is 15.4 Å². The summed E-state index contributed by atoms with van der Waals surface area (Å²) in [7, 11) is 1.63. The van der Waals surface area contributed by atoms with Gasteiger partial charge in [-0.3, -0.25) is 9.59 Å². The summed E-state index contributed by atoms with van der Waals surface area (Å²) in [4.78, 5) is 25.3. The molecule has 4 fully saturated rings. The number of hydrogen-bond donors (Lipinski definition) is 2. The minimum atomic E-state index is -0.152. The van der Waals surface area contributed by atoms with E-state index in [4.69, 9.17) is 16.3 Å². The number of methoxy groups -OCH3 is 1. The lowest BCUT2D eigenvalue weighted by Gasteiger charge is -2.60. The normalized spacial score (nSPS) is 30.5. The van der Waals surface area contributed by atoms with Crippen LogP contribution in [0.2, 0.25) is 5.02 Å². The lowest BCUT2D eigenvalue weighted by atomic mass is 9.51. The van der Waals surface area contributed by atoms with Crippen molar-refractivity contribution < 1.29 is 14.3 Å². The number of carbonyl (C=O) groups is 2. The summed E-state index contributed by atoms with van der Waals surface area (Å²) in [5, 5.41) is 15.8. The highest BCUT2D eigenvalue weighted by atomic mass is 35.5. The molecule has 3 unspecified atom stereocenters. The molecule has 2 aromatic heterocycles. The summed E-state index contributed by atoms with van der Waals surface area (Å²) < 4.78 is 8.49. The van der Waals surface area contributed by atoms with Gasteiger partial charge in [-0.1, -0.05) is 11.6 Å². The number of hydrogen-bond acceptors (Lipinski definition) is 5. The number of halogens is 1. The van der Waals surface area contributed by atoms with Gasteiger partial charge in [0, 0.05) is 25.6 Å². The first-order chi connectivity index (χ1) is 15.4. The van der Waals surface area contributed by atoms with Crippen LogP contribution < -0.4 is 10.6 Å². The predicted molar refractivity (Wildman–Crippen MR) is 118 cm³/mol. The fraction of sp³-hybridized carbons (Fsp3) is 0.636. The second-order valence-corrected chi connectivity index (χ2v) is 10.1. The summed E-state index contributed by atoms with van der Waals surface area (Å²) in [5.74, 6) is 1.85. The molecule has 0 radical (unpaired) electrons. The van der Waals surface area contributed by atoms with Crippen molar-refractivity contribution in [2.45, 2.75) is 57.2 Å². The fourth-order valence-electron chi connectivity index (χ4n) is 6.55. The van der Waals surface area contributed by atoms with E-state index in [9.17, 15) is 9.59 Å². The Bertz CT molecular complexity index is 1020. The van der Waals surface area contributed by atoms with Gasteiger partial charge in [0.1, 0.15) is 5.56 Å². The topological polar surface area (TPSA) is 103 Å². The third-order valence-electron chi connectivity index (χ3n) is 7.34. The van der Waals surface area contributed by atoms with Gasteiger partial charge in [0.15, 0.2) is 5.82 Å². The van der Waals surface area contributed by atoms with Crippen LogP contribution in [0.15, 0.2) is 18.6 Å². The molecule has 0 saturated heterocycles. The molecule has 4 bridgehead atoms. The number of ether oxygens (including phenoxy) is 1. The monoisotopic (exact) mass is 460 g/mol. The Balaban J connectivity index is 1.38. The second kappa shape index (κ2) is 8.19. The van der Waals surface area contributed by atoms with E-state index in [-0.39, 0.29) is 23.4 Å². The van der Waals surface area contributed by atoms with Gasteiger partial charge in [-0.2, -0.15) is 10.2 Å². The van der Waals surface area contributed by atoms with Crippen LogP contribution >= 0.6 is 11.6 Å². The maximum absolute atomic E-state index is 13.4. The molecule has 2 amide bonds. The molecule has 2 aromatic rings. The van der Waals surface area contributed by atoms with Crippen molar-refractivity contribution in [3.63, 3.8) is 0 Å². The van der Waals surface area contributed by atoms with Crippen molar-refractivity contribution in [3.05, 3.63) is 29.2 Å². The molecule has 0 aliphatic heterocycles. The Morgan fingerprint density at radius 3 is 2.59 bits per heavy atom. The van der Waals surface area contributed by atoms with Crippen LogP contribution in [0.1, 0.15) is 49.4 Å². The summed E-state index contributed by atoms with van der Waals surface area (Å²) in [6.45, 7) is 2.55. The largest absolute Gasteiger partial charge is 0.383 e. The van der Waals surface area contributed by atoms with Crippen LogP contribution in [0.5, 0.6) is 0 Å². The number of rotatable bonds is 7. The molecule has 32 heavy (non-hydrogen) atoms. The molecule has 10 heteroatoms. The van der Waals surface area contributed by atoms with E-state index < -0.39 is 0 Å². The van der Waals surface area contributed by atoms with Crippen LogP contribution in [-0.2, 0) is 16.1 Å². The molecule has 5 atom stereocenters. The molecular weight excluding hydrogens is 432 g/mol. The highest BCUT2D eigenvalue weighted by molar-refractivity contribution is 6.30. The van der Waals surface area contributed by atoms with Gasteiger partial charge in [0.2, 0.25) is 5.91 Å². The Hall–Kier alpha value is -2.39. The SMILES string of the molecule is COCCn1ncc(C(=O)NC2[C@@H]3CC4C[C@H]2CC(NC(C)=O)(C4)C3)c1-n1cc(Cl)cn1. The molecule has 0 aromatic carbocycles. The first kappa shape index (κ1) is 21.5. The molecule has 6 rings (SSSR count). The van der Waals surface area contributed by atoms with Crippen molar-refractivity contribution >= 4 is 23.4 Å². The number of amides is 2. The summed E-state index contributed by atoms with van der Waals surface area (Å²) in [6.07, 6.45) is 9.93. The van der Waals surface area contributed by atoms with Gasteiger partial charge in [-0.05, 0) is 49.9 Å². The zero-order valence-corrected chi connectivity index (χ0v) is 19.1. The van der Waals surface area contributed by atoms with Crippen LogP contribution in [0.4, 0.5) is 0 Å². The second-order valence-electron chi connectivity index (χ2n) is 9.63. The van der Waals surface area contributed by atoms with Crippen LogP contribution in [0, 0.1) is 17.8 Å². The number of aromatic nitrogens is 4. The molecule has 4 saturated carbocycles. The lowest BCUT2D eigenvalue weighted by Crippen LogP contribution is -2.66. The van der Waals surface area contributed by atoms with E-state index in [2.05, 4.69) is 20.8 Å². The van der Waals surface area contributed by atoms with Gasteiger partial charge in [0.05, 0.1) is 36.8 Å². The Kier molecular flexibility index (Phi) is 5.49. The molecule has 172 valence electrons. The maximum Gasteiger partial charge on any atom is 0.256 e. The van der Waals surface area contributed by atoms with Crippen LogP contribution in [-0.4, -0.2) is 56.7 Å². The number of nitrogens with one attached hydrogen (secondary N) is 2. The summed E-state index contributed by atoms with van der Waals surface area (Å²) >= 11 is 6.08. The lowest BCUT2D eigenvalue weighted by molar-refractivity contribution is -0.125. The molecular formula is C22H29ClN6O3. The van der Waals surface area contributed by atoms with Crippen molar-refractivity contribution in [3.8, 4) is 5.82 Å². The van der Waals surface area contributed by atoms with E-state index in [1.165, 1.54) is 6.20 Å². The van der Waals surface area contributed by atoms with Gasteiger partial charge >= 0.3 is 0 Å². The smallest absolute Gasteiger partial charge is 0.256 e. The average Bonchev–Trinajstić information content (AvgIpc) is 3.33. The minimum Gasteiger partial charge on any atom is -0.383 e. The average molecular weight is 461 g/mol. The molecule has 2 heterocycles. The quantitative estimate of drug-likeness (QED) is 0.659. The number of carbonyl (C=O) groups excluding carboxylic acids is 2. The summed E-state index contributed by atoms with van der Waals surface area (Å²) in [6, 6.07) is 0.109. The van der Waals surface area contributed by atoms with E-state index in [1.807, 2.05) is 0 Å². The highest BCUT2D eigenvalue weighted by Crippen LogP contribution is 2.55. The third kappa shape index (κ3) is 3.81. The predicted octanol–water partition coefficient (Wildman–Crippen LogP) is 2.18. The zero-order valence-electron chi connectivity index (χ0n) is 18.4. The standard InChI is InChI=1S/C22H29ClN6O3/c1-13(30)27-22-7-14-5-15(8-22)19(16(6-14)9-22)26-20(31)18-11-25-28(3-4-32-2)21(18)29-12-17(23)10-24-29/h10-12,14-16,19H,3-9H2,1-2H3,(H,26,31)(H,27,30)/t14?,15-,16+,19?,22?. The Morgan fingerprint density at radius 2 is 1.97 bits per heavy atom. The van der Waals surface area contributed by atoms with Crippen LogP contribution in [0.3, 0.4) is 0 Å². The molecule has 4 aliphatic rings. The first-order valence-corrected chi connectivity index (χ1v) is 11.6. The fourth-order valence-corrected chi connectivity index (χ4v) is 6.69. The van der Waals surface area contributed by atoms with Crippen molar-refractivity contribution in [1.82, 2.24) is 30.2 Å². The molecule has 2 N–H and O–H groups in total. The minimum absolute atomic E-state index is 0.0403. The first-order valence-electron chi connectivity index (χ1n) is 11.2. The number of nitrogens with zero attached hydrogens (tertiary/aromatic N) is 4. The molecule has 9 nitrogen and oxygen atoms in total. The van der Waals surface area contributed by atoms with Gasteiger partial charge in [0.25, 0.3) is 5.91 Å². The van der Waals surface area contributed by atoms with E-state index in [0.29, 0.717) is 47.3 Å². The van der Waals surface area contributed by atoms with Crippen LogP contribution in [0.25, 0.3) is 5.82 Å². The Labute approximate surface area is 191 Å². The van der Waals surface area contributed by atoms with Crippen molar-refractivity contribution in [2.24, 2.45) is 17.8 Å². The highest BCUT2D eigenvalue weighted by Gasteiger charge is 2.56. The molecule has 0 spiro atoms. The van der Waals surface area contributed by atoms with E-state index in [0.717, 1.165) is 32.1 Å². The van der Waals surface area contributed by atoms with E-state index >= 15 is 0 Å². The molecule has 4 aliphatic carbocycles. The van der Waals surface area contributed by atoms with E-state index in [1.54, 1.807) is 35.8 Å². The third-order valence-corrected chi connectivity index (χ3v) is 7.54. The summed E-state index contributed by atoms with van der Waals surface area (Å²) in [5.41, 5.74) is 0.372. The maximum atomic E-state index is 13.4. The van der Waals surface area contributed by atoms with Gasteiger partial charge in [-0.15, -0.1) is 0 Å². The zero-order chi connectivity index (χ0) is 22.5. The van der Waals surface area contributed by atoms with Crippen molar-refractivity contribution in [1.29, 1.82) is 0 Å². The Morgan fingerprint density at radius 1 is 1.22 bits per heavy atom. The van der Waals surface area contributed by atoms with Crippen molar-refractivity contribution in [2.75, 3.05) is 13.7 Å².